The SMILES string of the molecule is CC=C[Si](CCC)(OCCCC)OCCCC. The largest absolute Gasteiger partial charge is 0.391 e. The molecule has 2 nitrogen and oxygen atoms in total. The van der Waals surface area contributed by atoms with E-state index in [4.69, 9.17) is 8.85 Å². The summed E-state index contributed by atoms with van der Waals surface area (Å²) in [6, 6.07) is 1.07. The molecule has 0 saturated carbocycles. The molecule has 0 aromatic carbocycles. The summed E-state index contributed by atoms with van der Waals surface area (Å²) in [5, 5.41) is 0. The maximum atomic E-state index is 6.13. The molecule has 0 fully saturated rings. The van der Waals surface area contributed by atoms with Gasteiger partial charge in [0.25, 0.3) is 0 Å². The first-order valence-electron chi connectivity index (χ1n) is 7.16. The van der Waals surface area contributed by atoms with E-state index in [0.29, 0.717) is 0 Å². The van der Waals surface area contributed by atoms with Crippen molar-refractivity contribution in [3.05, 3.63) is 11.8 Å². The molecular weight excluding hydrogens is 228 g/mol. The monoisotopic (exact) mass is 258 g/mol. The molecule has 0 bridgehead atoms. The second-order valence-electron chi connectivity index (χ2n) is 4.47. The Hall–Kier alpha value is -0.123. The Balaban J connectivity index is 4.37. The molecule has 0 aromatic heterocycles. The van der Waals surface area contributed by atoms with Gasteiger partial charge in [-0.15, -0.1) is 0 Å². The van der Waals surface area contributed by atoms with E-state index in [9.17, 15) is 0 Å². The number of rotatable bonds is 11. The summed E-state index contributed by atoms with van der Waals surface area (Å²) in [4.78, 5) is 0. The summed E-state index contributed by atoms with van der Waals surface area (Å²) in [6.45, 7) is 10.3. The number of hydrogen-bond donors (Lipinski definition) is 0. The van der Waals surface area contributed by atoms with E-state index in [1.54, 1.807) is 0 Å². The fourth-order valence-electron chi connectivity index (χ4n) is 1.75. The molecule has 0 unspecified atom stereocenters. The predicted octanol–water partition coefficient (Wildman–Crippen LogP) is 4.59. The van der Waals surface area contributed by atoms with Crippen molar-refractivity contribution in [2.24, 2.45) is 0 Å². The lowest BCUT2D eigenvalue weighted by molar-refractivity contribution is 0.173. The summed E-state index contributed by atoms with van der Waals surface area (Å²) in [5.41, 5.74) is 2.21. The Labute approximate surface area is 109 Å². The smallest absolute Gasteiger partial charge is 0.364 e. The minimum Gasteiger partial charge on any atom is -0.391 e. The Morgan fingerprint density at radius 1 is 0.882 bits per heavy atom. The standard InChI is InChI=1S/C14H30O2Si/c1-5-9-11-15-17(13-7-3,14-8-4)16-12-10-6-2/h7,13H,5-6,8-12,14H2,1-4H3. The zero-order valence-electron chi connectivity index (χ0n) is 12.1. The van der Waals surface area contributed by atoms with Crippen LogP contribution in [0.3, 0.4) is 0 Å². The van der Waals surface area contributed by atoms with E-state index < -0.39 is 8.56 Å². The molecule has 0 spiro atoms. The molecule has 0 atom stereocenters. The van der Waals surface area contributed by atoms with Gasteiger partial charge < -0.3 is 8.85 Å². The second kappa shape index (κ2) is 11.0. The van der Waals surface area contributed by atoms with Gasteiger partial charge in [0.05, 0.1) is 0 Å². The van der Waals surface area contributed by atoms with Crippen LogP contribution in [-0.4, -0.2) is 21.8 Å². The average molecular weight is 258 g/mol. The molecule has 0 aliphatic heterocycles. The van der Waals surface area contributed by atoms with E-state index in [-0.39, 0.29) is 0 Å². The molecular formula is C14H30O2Si. The molecule has 0 amide bonds. The maximum absolute atomic E-state index is 6.13. The van der Waals surface area contributed by atoms with Crippen LogP contribution < -0.4 is 0 Å². The van der Waals surface area contributed by atoms with Crippen molar-refractivity contribution in [3.8, 4) is 0 Å². The highest BCUT2D eigenvalue weighted by Gasteiger charge is 2.33. The molecule has 0 saturated heterocycles. The zero-order chi connectivity index (χ0) is 13.0. The van der Waals surface area contributed by atoms with E-state index in [1.165, 1.54) is 12.8 Å². The molecule has 3 heteroatoms. The van der Waals surface area contributed by atoms with Gasteiger partial charge in [0.2, 0.25) is 0 Å². The molecule has 0 N–H and O–H groups in total. The molecule has 0 heterocycles. The van der Waals surface area contributed by atoms with Crippen molar-refractivity contribution in [1.29, 1.82) is 0 Å². The Morgan fingerprint density at radius 3 is 1.76 bits per heavy atom. The fourth-order valence-corrected chi connectivity index (χ4v) is 4.66. The first-order chi connectivity index (χ1) is 8.24. The summed E-state index contributed by atoms with van der Waals surface area (Å²) < 4.78 is 12.3. The maximum Gasteiger partial charge on any atom is 0.364 e. The molecule has 0 radical (unpaired) electrons. The Bertz CT molecular complexity index is 183. The van der Waals surface area contributed by atoms with Crippen molar-refractivity contribution in [2.45, 2.75) is 65.8 Å². The third kappa shape index (κ3) is 7.74. The molecule has 0 rings (SSSR count). The summed E-state index contributed by atoms with van der Waals surface area (Å²) in [5.74, 6) is 0. The number of allylic oxidation sites excluding steroid dienone is 1. The topological polar surface area (TPSA) is 18.5 Å². The van der Waals surface area contributed by atoms with E-state index >= 15 is 0 Å². The van der Waals surface area contributed by atoms with Crippen molar-refractivity contribution < 1.29 is 8.85 Å². The van der Waals surface area contributed by atoms with Gasteiger partial charge in [-0.1, -0.05) is 46.1 Å². The highest BCUT2D eigenvalue weighted by Crippen LogP contribution is 2.19. The van der Waals surface area contributed by atoms with Crippen molar-refractivity contribution in [3.63, 3.8) is 0 Å². The molecule has 17 heavy (non-hydrogen) atoms. The van der Waals surface area contributed by atoms with Crippen LogP contribution in [-0.2, 0) is 8.85 Å². The van der Waals surface area contributed by atoms with Crippen LogP contribution in [0.1, 0.15) is 59.8 Å². The zero-order valence-corrected chi connectivity index (χ0v) is 13.1. The van der Waals surface area contributed by atoms with Crippen LogP contribution in [0, 0.1) is 0 Å². The lowest BCUT2D eigenvalue weighted by Crippen LogP contribution is -2.41. The quantitative estimate of drug-likeness (QED) is 0.399. The van der Waals surface area contributed by atoms with E-state index in [1.807, 2.05) is 0 Å². The Morgan fingerprint density at radius 2 is 1.41 bits per heavy atom. The van der Waals surface area contributed by atoms with Gasteiger partial charge in [0.15, 0.2) is 0 Å². The first-order valence-corrected chi connectivity index (χ1v) is 9.26. The minimum absolute atomic E-state index is 0.846. The van der Waals surface area contributed by atoms with Crippen molar-refractivity contribution in [1.82, 2.24) is 0 Å². The summed E-state index contributed by atoms with van der Waals surface area (Å²) >= 11 is 0. The number of hydrogen-bond acceptors (Lipinski definition) is 2. The van der Waals surface area contributed by atoms with Gasteiger partial charge in [-0.3, -0.25) is 0 Å². The Kier molecular flexibility index (Phi) is 10.9. The molecule has 0 aliphatic carbocycles. The predicted molar refractivity (Wildman–Crippen MR) is 77.4 cm³/mol. The van der Waals surface area contributed by atoms with Crippen molar-refractivity contribution in [2.75, 3.05) is 13.2 Å². The van der Waals surface area contributed by atoms with Gasteiger partial charge in [0.1, 0.15) is 0 Å². The molecule has 0 aromatic rings. The highest BCUT2D eigenvalue weighted by atomic mass is 28.4. The van der Waals surface area contributed by atoms with Gasteiger partial charge >= 0.3 is 8.56 Å². The van der Waals surface area contributed by atoms with Crippen LogP contribution in [0.2, 0.25) is 6.04 Å². The van der Waals surface area contributed by atoms with Crippen LogP contribution in [0.5, 0.6) is 0 Å². The summed E-state index contributed by atoms with van der Waals surface area (Å²) in [6.07, 6.45) is 7.86. The second-order valence-corrected chi connectivity index (χ2v) is 7.50. The lowest BCUT2D eigenvalue weighted by Gasteiger charge is -2.27. The van der Waals surface area contributed by atoms with E-state index in [2.05, 4.69) is 39.5 Å². The van der Waals surface area contributed by atoms with Gasteiger partial charge in [-0.2, -0.15) is 0 Å². The first kappa shape index (κ1) is 16.9. The van der Waals surface area contributed by atoms with Crippen LogP contribution in [0.4, 0.5) is 0 Å². The third-order valence-electron chi connectivity index (χ3n) is 2.71. The molecule has 102 valence electrons. The van der Waals surface area contributed by atoms with Crippen LogP contribution in [0.25, 0.3) is 0 Å². The van der Waals surface area contributed by atoms with Gasteiger partial charge in [0, 0.05) is 13.2 Å². The fraction of sp³-hybridized carbons (Fsp3) is 0.857. The highest BCUT2D eigenvalue weighted by molar-refractivity contribution is 6.72. The third-order valence-corrected chi connectivity index (χ3v) is 6.13. The van der Waals surface area contributed by atoms with Crippen LogP contribution in [0.15, 0.2) is 11.8 Å². The number of unbranched alkanes of at least 4 members (excludes halogenated alkanes) is 2. The molecule has 0 aliphatic rings. The van der Waals surface area contributed by atoms with Gasteiger partial charge in [-0.25, -0.2) is 0 Å². The minimum atomic E-state index is -2.05. The van der Waals surface area contributed by atoms with Crippen LogP contribution >= 0.6 is 0 Å². The van der Waals surface area contributed by atoms with E-state index in [0.717, 1.165) is 38.5 Å². The summed E-state index contributed by atoms with van der Waals surface area (Å²) in [7, 11) is -2.05. The van der Waals surface area contributed by atoms with Crippen molar-refractivity contribution >= 4 is 8.56 Å². The lowest BCUT2D eigenvalue weighted by atomic mass is 10.4. The average Bonchev–Trinajstić information content (AvgIpc) is 2.30. The van der Waals surface area contributed by atoms with Gasteiger partial charge in [-0.05, 0) is 31.5 Å². The normalized spacial score (nSPS) is 12.5.